The van der Waals surface area contributed by atoms with Gasteiger partial charge >= 0.3 is 11.9 Å². The highest BCUT2D eigenvalue weighted by molar-refractivity contribution is 5.92. The van der Waals surface area contributed by atoms with Crippen LogP contribution < -0.4 is 0 Å². The van der Waals surface area contributed by atoms with Gasteiger partial charge in [0.1, 0.15) is 5.75 Å². The van der Waals surface area contributed by atoms with Crippen molar-refractivity contribution >= 4 is 11.9 Å². The summed E-state index contributed by atoms with van der Waals surface area (Å²) in [5.41, 5.74) is 3.46. The molecule has 0 spiro atoms. The third-order valence-corrected chi connectivity index (χ3v) is 4.35. The summed E-state index contributed by atoms with van der Waals surface area (Å²) in [6.45, 7) is 16.3. The smallest absolute Gasteiger partial charge is 0.317 e. The number of hydrogen-bond acceptors (Lipinski definition) is 3. The van der Waals surface area contributed by atoms with Gasteiger partial charge in [0.15, 0.2) is 5.92 Å². The molecule has 0 aliphatic rings. The van der Waals surface area contributed by atoms with E-state index in [9.17, 15) is 14.7 Å². The van der Waals surface area contributed by atoms with Gasteiger partial charge in [-0.05, 0) is 47.3 Å². The van der Waals surface area contributed by atoms with E-state index in [4.69, 9.17) is 10.2 Å². The maximum absolute atomic E-state index is 10.6. The maximum Gasteiger partial charge on any atom is 0.317 e. The van der Waals surface area contributed by atoms with Gasteiger partial charge in [-0.1, -0.05) is 67.0 Å². The number of aryl methyl sites for hydroxylation is 1. The van der Waals surface area contributed by atoms with Crippen LogP contribution in [0.2, 0.25) is 0 Å². The minimum atomic E-state index is -1.31. The molecule has 1 aromatic carbocycles. The van der Waals surface area contributed by atoms with Crippen LogP contribution in [0.1, 0.15) is 84.9 Å². The van der Waals surface area contributed by atoms with Crippen molar-refractivity contribution in [1.82, 2.24) is 0 Å². The molecule has 27 heavy (non-hydrogen) atoms. The monoisotopic (exact) mass is 380 g/mol. The number of hydrogen-bond donors (Lipinski definition) is 3. The number of carboxylic acids is 2. The van der Waals surface area contributed by atoms with E-state index in [1.807, 2.05) is 0 Å². The Morgan fingerprint density at radius 1 is 0.926 bits per heavy atom. The van der Waals surface area contributed by atoms with Crippen molar-refractivity contribution in [1.29, 1.82) is 0 Å². The number of phenolic OH excluding ortho intramolecular Hbond substituents is 1. The molecule has 0 aromatic heterocycles. The first-order chi connectivity index (χ1) is 12.1. The van der Waals surface area contributed by atoms with E-state index in [-0.39, 0.29) is 10.8 Å². The Balaban J connectivity index is 0.000000713. The summed E-state index contributed by atoms with van der Waals surface area (Å²) in [6.07, 6.45) is 3.51. The molecule has 154 valence electrons. The van der Waals surface area contributed by atoms with Crippen molar-refractivity contribution in [3.05, 3.63) is 28.8 Å². The maximum atomic E-state index is 10.6. The molecule has 1 aromatic rings. The van der Waals surface area contributed by atoms with Crippen molar-refractivity contribution in [2.24, 2.45) is 5.92 Å². The zero-order valence-corrected chi connectivity index (χ0v) is 18.0. The Bertz CT molecular complexity index is 599. The highest BCUT2D eigenvalue weighted by atomic mass is 16.4. The van der Waals surface area contributed by atoms with E-state index >= 15 is 0 Å². The number of carboxylic acid groups (broad SMARTS) is 2. The lowest BCUT2D eigenvalue weighted by molar-refractivity contribution is -0.153. The minimum Gasteiger partial charge on any atom is -0.507 e. The fourth-order valence-corrected chi connectivity index (χ4v) is 2.47. The van der Waals surface area contributed by atoms with Crippen molar-refractivity contribution in [3.63, 3.8) is 0 Å². The van der Waals surface area contributed by atoms with Gasteiger partial charge in [-0.2, -0.15) is 0 Å². The Labute approximate surface area is 163 Å². The average molecular weight is 381 g/mol. The first-order valence-corrected chi connectivity index (χ1v) is 9.45. The number of phenols is 1. The van der Waals surface area contributed by atoms with Gasteiger partial charge in [-0.3, -0.25) is 9.59 Å². The number of unbranched alkanes of at least 4 members (excludes halogenated alkanes) is 1. The highest BCUT2D eigenvalue weighted by Gasteiger charge is 2.26. The Kier molecular flexibility index (Phi) is 9.03. The molecule has 1 rings (SSSR count). The number of carbonyl (C=O) groups is 2. The fourth-order valence-electron chi connectivity index (χ4n) is 2.47. The van der Waals surface area contributed by atoms with Crippen LogP contribution in [0.3, 0.4) is 0 Å². The van der Waals surface area contributed by atoms with Crippen LogP contribution in [-0.2, 0) is 26.8 Å². The molecule has 0 fully saturated rings. The molecule has 0 atom stereocenters. The second kappa shape index (κ2) is 9.77. The lowest BCUT2D eigenvalue weighted by atomic mass is 9.78. The third kappa shape index (κ3) is 8.02. The molecule has 0 saturated heterocycles. The molecule has 0 bridgehead atoms. The zero-order valence-electron chi connectivity index (χ0n) is 18.0. The van der Waals surface area contributed by atoms with Crippen LogP contribution in [-0.4, -0.2) is 27.3 Å². The molecular formula is C22H36O5. The summed E-state index contributed by atoms with van der Waals surface area (Å²) in [7, 11) is 0. The third-order valence-electron chi connectivity index (χ3n) is 4.35. The first kappa shape index (κ1) is 25.0. The van der Waals surface area contributed by atoms with E-state index in [0.717, 1.165) is 24.5 Å². The molecule has 0 saturated carbocycles. The normalized spacial score (nSPS) is 11.7. The highest BCUT2D eigenvalue weighted by Crippen LogP contribution is 2.39. The van der Waals surface area contributed by atoms with E-state index in [1.165, 1.54) is 18.4 Å². The second-order valence-electron chi connectivity index (χ2n) is 9.04. The van der Waals surface area contributed by atoms with Crippen molar-refractivity contribution in [3.8, 4) is 5.75 Å². The molecule has 0 amide bonds. The standard InChI is InChI=1S/C18H30O.C4H6O4/c1-8-9-10-13-11-14(17(2,3)4)16(19)15(12-13)18(5,6)7;1-2(3(5)6)4(7)8/h11-12,19H,8-10H2,1-7H3;2H,1H3,(H,5,6)(H,7,8). The number of rotatable bonds is 5. The van der Waals surface area contributed by atoms with E-state index in [2.05, 4.69) is 60.6 Å². The molecule has 0 radical (unpaired) electrons. The zero-order chi connectivity index (χ0) is 21.6. The van der Waals surface area contributed by atoms with Gasteiger partial charge in [0.05, 0.1) is 0 Å². The van der Waals surface area contributed by atoms with Gasteiger partial charge in [0.25, 0.3) is 0 Å². The van der Waals surface area contributed by atoms with E-state index < -0.39 is 17.9 Å². The van der Waals surface area contributed by atoms with Gasteiger partial charge in [0, 0.05) is 0 Å². The van der Waals surface area contributed by atoms with E-state index in [0.29, 0.717) is 5.75 Å². The first-order valence-electron chi connectivity index (χ1n) is 9.45. The SMILES string of the molecule is CC(C(=O)O)C(=O)O.CCCCc1cc(C(C)(C)C)c(O)c(C(C)(C)C)c1. The van der Waals surface area contributed by atoms with Crippen LogP contribution in [0.5, 0.6) is 5.75 Å². The second-order valence-corrected chi connectivity index (χ2v) is 9.04. The number of aromatic hydroxyl groups is 1. The van der Waals surface area contributed by atoms with Crippen LogP contribution in [0.4, 0.5) is 0 Å². The lowest BCUT2D eigenvalue weighted by Crippen LogP contribution is -2.19. The molecule has 5 nitrogen and oxygen atoms in total. The summed E-state index contributed by atoms with van der Waals surface area (Å²) < 4.78 is 0. The predicted molar refractivity (Wildman–Crippen MR) is 109 cm³/mol. The fraction of sp³-hybridized carbons (Fsp3) is 0.636. The summed E-state index contributed by atoms with van der Waals surface area (Å²) >= 11 is 0. The van der Waals surface area contributed by atoms with Crippen molar-refractivity contribution in [2.75, 3.05) is 0 Å². The van der Waals surface area contributed by atoms with Crippen LogP contribution >= 0.6 is 0 Å². The lowest BCUT2D eigenvalue weighted by Gasteiger charge is -2.28. The predicted octanol–water partition coefficient (Wildman–Crippen LogP) is 5.12. The number of aliphatic carboxylic acids is 2. The molecule has 0 heterocycles. The minimum absolute atomic E-state index is 0.0215. The summed E-state index contributed by atoms with van der Waals surface area (Å²) in [4.78, 5) is 19.5. The van der Waals surface area contributed by atoms with Crippen LogP contribution in [0.25, 0.3) is 0 Å². The summed E-state index contributed by atoms with van der Waals surface area (Å²) in [6, 6.07) is 4.39. The average Bonchev–Trinajstić information content (AvgIpc) is 2.51. The van der Waals surface area contributed by atoms with Crippen molar-refractivity contribution < 1.29 is 24.9 Å². The molecular weight excluding hydrogens is 344 g/mol. The molecule has 0 aliphatic carbocycles. The quantitative estimate of drug-likeness (QED) is 0.616. The summed E-state index contributed by atoms with van der Waals surface area (Å²) in [5, 5.41) is 26.6. The van der Waals surface area contributed by atoms with Gasteiger partial charge in [-0.15, -0.1) is 0 Å². The van der Waals surface area contributed by atoms with Gasteiger partial charge in [0.2, 0.25) is 0 Å². The van der Waals surface area contributed by atoms with Crippen LogP contribution in [0.15, 0.2) is 12.1 Å². The van der Waals surface area contributed by atoms with Gasteiger partial charge < -0.3 is 15.3 Å². The molecule has 0 aliphatic heterocycles. The molecule has 3 N–H and O–H groups in total. The number of benzene rings is 1. The van der Waals surface area contributed by atoms with Crippen LogP contribution in [0, 0.1) is 5.92 Å². The van der Waals surface area contributed by atoms with Crippen molar-refractivity contribution in [2.45, 2.75) is 85.5 Å². The molecule has 5 heteroatoms. The Morgan fingerprint density at radius 3 is 1.52 bits per heavy atom. The Hall–Kier alpha value is -2.04. The summed E-state index contributed by atoms with van der Waals surface area (Å²) in [5.74, 6) is -3.43. The topological polar surface area (TPSA) is 94.8 Å². The molecule has 0 unspecified atom stereocenters. The Morgan fingerprint density at radius 2 is 1.30 bits per heavy atom. The largest absolute Gasteiger partial charge is 0.507 e. The van der Waals surface area contributed by atoms with Gasteiger partial charge in [-0.25, -0.2) is 0 Å². The van der Waals surface area contributed by atoms with E-state index in [1.54, 1.807) is 0 Å².